The highest BCUT2D eigenvalue weighted by molar-refractivity contribution is 7.92. The number of aryl methyl sites for hydroxylation is 1. The molecule has 0 aliphatic rings. The van der Waals surface area contributed by atoms with Crippen LogP contribution in [-0.2, 0) is 32.3 Å². The fourth-order valence-electron chi connectivity index (χ4n) is 4.03. The molecule has 0 spiro atoms. The van der Waals surface area contributed by atoms with Crippen LogP contribution in [0.3, 0.4) is 0 Å². The summed E-state index contributed by atoms with van der Waals surface area (Å²) in [4.78, 5) is 27.8. The first-order chi connectivity index (χ1) is 17.6. The molecule has 1 atom stereocenters. The van der Waals surface area contributed by atoms with E-state index < -0.39 is 27.8 Å². The molecule has 0 aromatic heterocycles. The Hall–Kier alpha value is -3.08. The van der Waals surface area contributed by atoms with Crippen LogP contribution in [-0.4, -0.2) is 50.0 Å². The number of carbonyl (C=O) groups is 2. The van der Waals surface area contributed by atoms with E-state index in [1.54, 1.807) is 6.92 Å². The van der Waals surface area contributed by atoms with Gasteiger partial charge in [0.05, 0.1) is 17.5 Å². The lowest BCUT2D eigenvalue weighted by molar-refractivity contribution is -0.141. The Morgan fingerprint density at radius 3 is 2.21 bits per heavy atom. The molecule has 0 unspecified atom stereocenters. The SMILES string of the molecule is CC[C@@H](C(=O)NC(C)C)N(Cc1ccc(C)cc1)C(=O)CCCN(c1cccc(C(F)(F)F)c1)S(C)(=O)=O. The molecular formula is C27H36F3N3O4S. The van der Waals surface area contributed by atoms with Gasteiger partial charge in [0.1, 0.15) is 6.04 Å². The van der Waals surface area contributed by atoms with Gasteiger partial charge in [-0.15, -0.1) is 0 Å². The molecule has 2 rings (SSSR count). The summed E-state index contributed by atoms with van der Waals surface area (Å²) < 4.78 is 65.2. The number of anilines is 1. The summed E-state index contributed by atoms with van der Waals surface area (Å²) in [5.41, 5.74) is 0.785. The van der Waals surface area contributed by atoms with Crippen LogP contribution in [0.4, 0.5) is 18.9 Å². The van der Waals surface area contributed by atoms with E-state index in [-0.39, 0.29) is 49.5 Å². The summed E-state index contributed by atoms with van der Waals surface area (Å²) >= 11 is 0. The van der Waals surface area contributed by atoms with E-state index in [1.807, 2.05) is 45.0 Å². The van der Waals surface area contributed by atoms with Gasteiger partial charge in [0, 0.05) is 25.6 Å². The van der Waals surface area contributed by atoms with E-state index in [2.05, 4.69) is 5.32 Å². The maximum atomic E-state index is 13.4. The molecule has 0 bridgehead atoms. The number of nitrogens with one attached hydrogen (secondary N) is 1. The van der Waals surface area contributed by atoms with Crippen molar-refractivity contribution < 1.29 is 31.2 Å². The van der Waals surface area contributed by atoms with Gasteiger partial charge in [-0.2, -0.15) is 13.2 Å². The molecule has 210 valence electrons. The van der Waals surface area contributed by atoms with Gasteiger partial charge in [-0.25, -0.2) is 8.42 Å². The van der Waals surface area contributed by atoms with E-state index in [1.165, 1.54) is 11.0 Å². The Morgan fingerprint density at radius 1 is 1.05 bits per heavy atom. The van der Waals surface area contributed by atoms with Crippen molar-refractivity contribution in [2.75, 3.05) is 17.1 Å². The molecule has 0 saturated heterocycles. The molecule has 1 N–H and O–H groups in total. The largest absolute Gasteiger partial charge is 0.416 e. The first-order valence-electron chi connectivity index (χ1n) is 12.4. The Labute approximate surface area is 223 Å². The van der Waals surface area contributed by atoms with E-state index >= 15 is 0 Å². The van der Waals surface area contributed by atoms with Crippen molar-refractivity contribution >= 4 is 27.5 Å². The number of carbonyl (C=O) groups excluding carboxylic acids is 2. The highest BCUT2D eigenvalue weighted by Gasteiger charge is 2.32. The highest BCUT2D eigenvalue weighted by atomic mass is 32.2. The van der Waals surface area contributed by atoms with Crippen molar-refractivity contribution in [1.29, 1.82) is 0 Å². The van der Waals surface area contributed by atoms with Crippen LogP contribution < -0.4 is 9.62 Å². The fourth-order valence-corrected chi connectivity index (χ4v) is 4.99. The van der Waals surface area contributed by atoms with Crippen LogP contribution in [0.1, 0.15) is 56.7 Å². The van der Waals surface area contributed by atoms with Gasteiger partial charge < -0.3 is 10.2 Å². The predicted molar refractivity (Wildman–Crippen MR) is 142 cm³/mol. The molecule has 11 heteroatoms. The van der Waals surface area contributed by atoms with Crippen molar-refractivity contribution in [3.63, 3.8) is 0 Å². The highest BCUT2D eigenvalue weighted by Crippen LogP contribution is 2.32. The fraction of sp³-hybridized carbons (Fsp3) is 0.481. The number of hydrogen-bond acceptors (Lipinski definition) is 4. The van der Waals surface area contributed by atoms with Crippen molar-refractivity contribution in [2.24, 2.45) is 0 Å². The Bertz CT molecular complexity index is 1200. The minimum atomic E-state index is -4.63. The molecule has 0 heterocycles. The minimum absolute atomic E-state index is 0.0504. The minimum Gasteiger partial charge on any atom is -0.352 e. The lowest BCUT2D eigenvalue weighted by Crippen LogP contribution is -2.50. The zero-order chi connectivity index (χ0) is 28.7. The Balaban J connectivity index is 2.25. The second-order valence-corrected chi connectivity index (χ2v) is 11.5. The van der Waals surface area contributed by atoms with Crippen LogP contribution in [0, 0.1) is 6.92 Å². The lowest BCUT2D eigenvalue weighted by Gasteiger charge is -2.31. The third-order valence-electron chi connectivity index (χ3n) is 5.90. The van der Waals surface area contributed by atoms with E-state index in [4.69, 9.17) is 0 Å². The number of sulfonamides is 1. The molecule has 0 fully saturated rings. The number of halogens is 3. The van der Waals surface area contributed by atoms with Gasteiger partial charge in [0.15, 0.2) is 0 Å². The predicted octanol–water partition coefficient (Wildman–Crippen LogP) is 4.89. The van der Waals surface area contributed by atoms with Crippen LogP contribution in [0.15, 0.2) is 48.5 Å². The van der Waals surface area contributed by atoms with Crippen molar-refractivity contribution in [1.82, 2.24) is 10.2 Å². The molecule has 0 aliphatic heterocycles. The van der Waals surface area contributed by atoms with Gasteiger partial charge in [-0.3, -0.25) is 13.9 Å². The number of amides is 2. The van der Waals surface area contributed by atoms with Crippen molar-refractivity contribution in [3.8, 4) is 0 Å². The summed E-state index contributed by atoms with van der Waals surface area (Å²) in [6, 6.07) is 10.8. The summed E-state index contributed by atoms with van der Waals surface area (Å²) in [6.45, 7) is 7.38. The van der Waals surface area contributed by atoms with Gasteiger partial charge in [-0.1, -0.05) is 42.8 Å². The summed E-state index contributed by atoms with van der Waals surface area (Å²) in [7, 11) is -3.92. The normalized spacial score (nSPS) is 12.8. The third kappa shape index (κ3) is 9.04. The molecule has 0 aliphatic carbocycles. The standard InChI is InChI=1S/C27H36F3N3O4S/c1-6-24(26(35)31-19(2)3)32(18-21-14-12-20(4)13-15-21)25(34)11-8-16-33(38(5,36)37)23-10-7-9-22(17-23)27(28,29)30/h7,9-10,12-15,17,19,24H,6,8,11,16,18H2,1-5H3,(H,31,35)/t24-/m0/s1. The zero-order valence-corrected chi connectivity index (χ0v) is 23.2. The van der Waals surface area contributed by atoms with E-state index in [9.17, 15) is 31.2 Å². The number of alkyl halides is 3. The Kier molecular flexibility index (Phi) is 10.8. The summed E-state index contributed by atoms with van der Waals surface area (Å²) in [5, 5.41) is 2.84. The second kappa shape index (κ2) is 13.1. The number of rotatable bonds is 12. The maximum Gasteiger partial charge on any atom is 0.416 e. The topological polar surface area (TPSA) is 86.8 Å². The van der Waals surface area contributed by atoms with Crippen molar-refractivity contribution in [3.05, 3.63) is 65.2 Å². The van der Waals surface area contributed by atoms with Crippen LogP contribution >= 0.6 is 0 Å². The van der Waals surface area contributed by atoms with E-state index in [0.717, 1.165) is 39.9 Å². The van der Waals surface area contributed by atoms with Crippen molar-refractivity contribution in [2.45, 2.75) is 71.8 Å². The quantitative estimate of drug-likeness (QED) is 0.404. The number of nitrogens with zero attached hydrogens (tertiary/aromatic N) is 2. The average Bonchev–Trinajstić information content (AvgIpc) is 2.81. The first-order valence-corrected chi connectivity index (χ1v) is 14.3. The Morgan fingerprint density at radius 2 is 1.68 bits per heavy atom. The lowest BCUT2D eigenvalue weighted by atomic mass is 10.1. The third-order valence-corrected chi connectivity index (χ3v) is 7.10. The van der Waals surface area contributed by atoms with E-state index in [0.29, 0.717) is 6.42 Å². The van der Waals surface area contributed by atoms with Gasteiger partial charge in [0.25, 0.3) is 0 Å². The molecule has 7 nitrogen and oxygen atoms in total. The van der Waals surface area contributed by atoms with Crippen LogP contribution in [0.25, 0.3) is 0 Å². The monoisotopic (exact) mass is 555 g/mol. The molecule has 0 saturated carbocycles. The second-order valence-electron chi connectivity index (χ2n) is 9.58. The molecule has 2 aromatic rings. The molecule has 2 aromatic carbocycles. The summed E-state index contributed by atoms with van der Waals surface area (Å²) in [5.74, 6) is -0.640. The smallest absolute Gasteiger partial charge is 0.352 e. The molecule has 0 radical (unpaired) electrons. The number of benzene rings is 2. The molecule has 38 heavy (non-hydrogen) atoms. The van der Waals surface area contributed by atoms with Gasteiger partial charge in [-0.05, 0) is 57.4 Å². The van der Waals surface area contributed by atoms with Gasteiger partial charge >= 0.3 is 6.18 Å². The maximum absolute atomic E-state index is 13.4. The molecular weight excluding hydrogens is 519 g/mol. The molecule has 2 amide bonds. The summed E-state index contributed by atoms with van der Waals surface area (Å²) in [6.07, 6.45) is -3.40. The number of hydrogen-bond donors (Lipinski definition) is 1. The zero-order valence-electron chi connectivity index (χ0n) is 22.4. The van der Waals surface area contributed by atoms with Crippen LogP contribution in [0.5, 0.6) is 0 Å². The first kappa shape index (κ1) is 31.1. The van der Waals surface area contributed by atoms with Gasteiger partial charge in [0.2, 0.25) is 21.8 Å². The average molecular weight is 556 g/mol. The van der Waals surface area contributed by atoms with Crippen LogP contribution in [0.2, 0.25) is 0 Å².